The smallest absolute Gasteiger partial charge is 0.310 e. The molecule has 39 heavy (non-hydrogen) atoms. The van der Waals surface area contributed by atoms with E-state index in [4.69, 9.17) is 9.47 Å². The molecule has 3 aliphatic heterocycles. The van der Waals surface area contributed by atoms with Crippen LogP contribution in [0.15, 0.2) is 49.6 Å². The molecule has 3 heterocycles. The minimum Gasteiger partial charge on any atom is -0.497 e. The van der Waals surface area contributed by atoms with Crippen molar-refractivity contribution in [1.29, 1.82) is 0 Å². The highest BCUT2D eigenvalue weighted by molar-refractivity contribution is 8.02. The van der Waals surface area contributed by atoms with Gasteiger partial charge in [0.05, 0.1) is 30.3 Å². The van der Waals surface area contributed by atoms with Crippen LogP contribution in [0.3, 0.4) is 0 Å². The first kappa shape index (κ1) is 29.2. The average molecular weight is 557 g/mol. The third-order valence-electron chi connectivity index (χ3n) is 8.32. The minimum absolute atomic E-state index is 0.0105. The van der Waals surface area contributed by atoms with Crippen LogP contribution < -0.4 is 9.64 Å². The summed E-state index contributed by atoms with van der Waals surface area (Å²) in [5.41, 5.74) is 0.687. The van der Waals surface area contributed by atoms with Crippen molar-refractivity contribution in [1.82, 2.24) is 4.90 Å². The summed E-state index contributed by atoms with van der Waals surface area (Å²) in [6.45, 7) is 10.6. The fourth-order valence-corrected chi connectivity index (χ4v) is 8.96. The molecule has 0 aromatic heterocycles. The molecule has 1 aromatic carbocycles. The molecule has 3 fully saturated rings. The Balaban J connectivity index is 1.71. The fourth-order valence-electron chi connectivity index (χ4n) is 6.56. The second-order valence-electron chi connectivity index (χ2n) is 10.5. The lowest BCUT2D eigenvalue weighted by molar-refractivity contribution is -0.154. The predicted octanol–water partition coefficient (Wildman–Crippen LogP) is 3.83. The van der Waals surface area contributed by atoms with E-state index in [1.807, 2.05) is 12.1 Å². The standard InChI is InChI=1S/C30H40N2O6S/c1-5-7-10-18-38-29(36)24-23-19-20(3)30(39-23)25(24)27(34)32(16-8-9-17-33)26(30)28(35)31(15-6-2)21-11-13-22(37-4)14-12-21/h5-6,11-14,20,23-26,33H,1-2,7-10,15-19H2,3-4H3/t20?,23-,24+,25-,26?,30?/m0/s1. The number of nitrogens with zero attached hydrogens (tertiary/aromatic N) is 2. The number of aliphatic hydroxyl groups is 1. The molecule has 2 amide bonds. The highest BCUT2D eigenvalue weighted by Gasteiger charge is 2.76. The number of carbonyl (C=O) groups is 3. The maximum Gasteiger partial charge on any atom is 0.310 e. The molecular weight excluding hydrogens is 516 g/mol. The van der Waals surface area contributed by atoms with Crippen molar-refractivity contribution in [3.8, 4) is 5.75 Å². The Labute approximate surface area is 235 Å². The number of carbonyl (C=O) groups excluding carboxylic acids is 3. The van der Waals surface area contributed by atoms with E-state index < -0.39 is 22.6 Å². The number of hydrogen-bond acceptors (Lipinski definition) is 7. The third-order valence-corrected chi connectivity index (χ3v) is 10.4. The maximum absolute atomic E-state index is 14.5. The first-order valence-electron chi connectivity index (χ1n) is 13.8. The van der Waals surface area contributed by atoms with Gasteiger partial charge in [0.1, 0.15) is 11.8 Å². The van der Waals surface area contributed by atoms with E-state index in [1.54, 1.807) is 53.0 Å². The van der Waals surface area contributed by atoms with Crippen LogP contribution in [0.5, 0.6) is 5.75 Å². The summed E-state index contributed by atoms with van der Waals surface area (Å²) in [4.78, 5) is 45.4. The highest BCUT2D eigenvalue weighted by atomic mass is 32.2. The van der Waals surface area contributed by atoms with Gasteiger partial charge in [-0.15, -0.1) is 24.9 Å². The van der Waals surface area contributed by atoms with Gasteiger partial charge in [0.2, 0.25) is 5.91 Å². The van der Waals surface area contributed by atoms with Crippen molar-refractivity contribution < 1.29 is 29.0 Å². The number of ether oxygens (including phenoxy) is 2. The molecular formula is C30H40N2O6S. The number of thioether (sulfide) groups is 1. The third kappa shape index (κ3) is 5.23. The zero-order valence-corrected chi connectivity index (χ0v) is 23.7. The number of esters is 1. The number of rotatable bonds is 14. The van der Waals surface area contributed by atoms with Crippen molar-refractivity contribution in [2.45, 2.75) is 55.1 Å². The summed E-state index contributed by atoms with van der Waals surface area (Å²) in [6, 6.07) is 6.52. The second-order valence-corrected chi connectivity index (χ2v) is 12.1. The summed E-state index contributed by atoms with van der Waals surface area (Å²) >= 11 is 1.64. The molecule has 3 unspecified atom stereocenters. The van der Waals surface area contributed by atoms with Crippen LogP contribution in [0.1, 0.15) is 39.0 Å². The molecule has 6 atom stereocenters. The van der Waals surface area contributed by atoms with Crippen molar-refractivity contribution in [2.75, 3.05) is 38.3 Å². The van der Waals surface area contributed by atoms with Crippen molar-refractivity contribution in [3.05, 3.63) is 49.6 Å². The molecule has 0 radical (unpaired) electrons. The zero-order valence-electron chi connectivity index (χ0n) is 22.9. The lowest BCUT2D eigenvalue weighted by Gasteiger charge is -2.40. The number of benzene rings is 1. The number of amides is 2. The molecule has 1 aromatic rings. The number of likely N-dealkylation sites (tertiary alicyclic amines) is 1. The molecule has 1 N–H and O–H groups in total. The number of hydrogen-bond donors (Lipinski definition) is 1. The van der Waals surface area contributed by atoms with Gasteiger partial charge in [-0.25, -0.2) is 0 Å². The number of methoxy groups -OCH3 is 1. The average Bonchev–Trinajstić information content (AvgIpc) is 3.53. The topological polar surface area (TPSA) is 96.4 Å². The van der Waals surface area contributed by atoms with Crippen LogP contribution in [-0.2, 0) is 19.1 Å². The van der Waals surface area contributed by atoms with Crippen LogP contribution in [0, 0.1) is 17.8 Å². The van der Waals surface area contributed by atoms with Gasteiger partial charge in [-0.1, -0.05) is 19.1 Å². The Kier molecular flexibility index (Phi) is 9.43. The van der Waals surface area contributed by atoms with Crippen molar-refractivity contribution in [3.63, 3.8) is 0 Å². The van der Waals surface area contributed by atoms with Crippen LogP contribution in [0.4, 0.5) is 5.69 Å². The Morgan fingerprint density at radius 1 is 1.21 bits per heavy atom. The quantitative estimate of drug-likeness (QED) is 0.211. The van der Waals surface area contributed by atoms with E-state index in [0.717, 1.165) is 12.8 Å². The molecule has 2 bridgehead atoms. The molecule has 3 aliphatic rings. The Morgan fingerprint density at radius 2 is 1.95 bits per heavy atom. The monoisotopic (exact) mass is 556 g/mol. The number of anilines is 1. The molecule has 8 nitrogen and oxygen atoms in total. The maximum atomic E-state index is 14.5. The molecule has 212 valence electrons. The van der Waals surface area contributed by atoms with E-state index in [9.17, 15) is 19.5 Å². The van der Waals surface area contributed by atoms with E-state index in [2.05, 4.69) is 20.1 Å². The fraction of sp³-hybridized carbons (Fsp3) is 0.567. The lowest BCUT2D eigenvalue weighted by atomic mass is 9.66. The second kappa shape index (κ2) is 12.6. The summed E-state index contributed by atoms with van der Waals surface area (Å²) in [5, 5.41) is 9.34. The molecule has 9 heteroatoms. The number of unbranched alkanes of at least 4 members (excludes halogenated alkanes) is 2. The zero-order chi connectivity index (χ0) is 28.2. The molecule has 1 spiro atoms. The highest BCUT2D eigenvalue weighted by Crippen LogP contribution is 2.68. The van der Waals surface area contributed by atoms with E-state index in [-0.39, 0.29) is 48.7 Å². The van der Waals surface area contributed by atoms with Crippen LogP contribution in [0.25, 0.3) is 0 Å². The first-order valence-corrected chi connectivity index (χ1v) is 14.7. The Hall–Kier alpha value is -2.78. The van der Waals surface area contributed by atoms with Crippen LogP contribution >= 0.6 is 11.8 Å². The van der Waals surface area contributed by atoms with Gasteiger partial charge in [0.15, 0.2) is 0 Å². The van der Waals surface area contributed by atoms with Gasteiger partial charge in [0, 0.05) is 30.6 Å². The molecule has 3 saturated heterocycles. The van der Waals surface area contributed by atoms with E-state index in [1.165, 1.54) is 0 Å². The normalized spacial score (nSPS) is 28.7. The lowest BCUT2D eigenvalue weighted by Crippen LogP contribution is -2.57. The summed E-state index contributed by atoms with van der Waals surface area (Å²) in [6.07, 6.45) is 6.74. The Morgan fingerprint density at radius 3 is 2.59 bits per heavy atom. The Bertz CT molecular complexity index is 1080. The molecule has 0 aliphatic carbocycles. The van der Waals surface area contributed by atoms with Gasteiger partial charge in [-0.3, -0.25) is 14.4 Å². The van der Waals surface area contributed by atoms with Gasteiger partial charge >= 0.3 is 5.97 Å². The van der Waals surface area contributed by atoms with Gasteiger partial charge in [-0.2, -0.15) is 0 Å². The summed E-state index contributed by atoms with van der Waals surface area (Å²) in [5.74, 6) is -1.14. The van der Waals surface area contributed by atoms with Gasteiger partial charge in [-0.05, 0) is 62.3 Å². The van der Waals surface area contributed by atoms with Crippen LogP contribution in [0.2, 0.25) is 0 Å². The first-order chi connectivity index (χ1) is 18.8. The number of allylic oxidation sites excluding steroid dienone is 1. The molecule has 0 saturated carbocycles. The summed E-state index contributed by atoms with van der Waals surface area (Å²) in [7, 11) is 1.59. The van der Waals surface area contributed by atoms with Crippen molar-refractivity contribution in [2.24, 2.45) is 17.8 Å². The van der Waals surface area contributed by atoms with Crippen LogP contribution in [-0.4, -0.2) is 77.2 Å². The van der Waals surface area contributed by atoms with E-state index >= 15 is 0 Å². The number of fused-ring (bicyclic) bond motifs is 1. The number of aliphatic hydroxyl groups excluding tert-OH is 1. The van der Waals surface area contributed by atoms with E-state index in [0.29, 0.717) is 37.2 Å². The van der Waals surface area contributed by atoms with Gasteiger partial charge < -0.3 is 24.4 Å². The molecule has 4 rings (SSSR count). The van der Waals surface area contributed by atoms with Crippen molar-refractivity contribution >= 4 is 35.2 Å². The summed E-state index contributed by atoms with van der Waals surface area (Å²) < 4.78 is 10.2. The largest absolute Gasteiger partial charge is 0.497 e. The van der Waals surface area contributed by atoms with Gasteiger partial charge in [0.25, 0.3) is 5.91 Å². The predicted molar refractivity (Wildman–Crippen MR) is 153 cm³/mol. The SMILES string of the molecule is C=CCCCOC(=O)[C@@H]1[C@@H]2CC(C)C3(S2)C(C(=O)N(CC=C)c2ccc(OC)cc2)N(CCCCO)C(=O)[C@H]13. The minimum atomic E-state index is -0.737.